The average molecular weight is 265 g/mol. The molecule has 1 saturated carbocycles. The predicted octanol–water partition coefficient (Wildman–Crippen LogP) is 2.71. The number of rotatable bonds is 6. The van der Waals surface area contributed by atoms with Crippen LogP contribution in [0.15, 0.2) is 16.8 Å². The normalized spacial score (nSPS) is 19.4. The quantitative estimate of drug-likeness (QED) is 0.456. The SMILES string of the molecule is C/C=C(/NC=O)C(=NC)N(C(C)CC)C1CCCC1. The summed E-state index contributed by atoms with van der Waals surface area (Å²) in [5.74, 6) is 0.913. The molecule has 0 aromatic carbocycles. The van der Waals surface area contributed by atoms with E-state index in [0.717, 1.165) is 24.4 Å². The van der Waals surface area contributed by atoms with Crippen LogP contribution in [0, 0.1) is 0 Å². The molecule has 1 aliphatic carbocycles. The molecule has 1 amide bonds. The van der Waals surface area contributed by atoms with Crippen molar-refractivity contribution in [2.24, 2.45) is 4.99 Å². The molecule has 0 aromatic rings. The van der Waals surface area contributed by atoms with Crippen LogP contribution in [-0.2, 0) is 4.79 Å². The lowest BCUT2D eigenvalue weighted by atomic mass is 10.1. The zero-order valence-electron chi connectivity index (χ0n) is 12.6. The second kappa shape index (κ2) is 7.97. The van der Waals surface area contributed by atoms with Crippen LogP contribution in [0.4, 0.5) is 0 Å². The van der Waals surface area contributed by atoms with Crippen molar-refractivity contribution in [1.82, 2.24) is 10.2 Å². The van der Waals surface area contributed by atoms with Gasteiger partial charge >= 0.3 is 0 Å². The minimum Gasteiger partial charge on any atom is -0.350 e. The van der Waals surface area contributed by atoms with Gasteiger partial charge in [-0.3, -0.25) is 9.79 Å². The molecule has 1 rings (SSSR count). The van der Waals surface area contributed by atoms with Gasteiger partial charge in [-0.1, -0.05) is 25.8 Å². The zero-order chi connectivity index (χ0) is 14.3. The first-order valence-electron chi connectivity index (χ1n) is 7.31. The molecule has 4 heteroatoms. The molecule has 4 nitrogen and oxygen atoms in total. The van der Waals surface area contributed by atoms with Crippen molar-refractivity contribution in [3.8, 4) is 0 Å². The third kappa shape index (κ3) is 3.82. The van der Waals surface area contributed by atoms with Gasteiger partial charge in [-0.2, -0.15) is 0 Å². The predicted molar refractivity (Wildman–Crippen MR) is 80.2 cm³/mol. The van der Waals surface area contributed by atoms with Crippen molar-refractivity contribution in [2.75, 3.05) is 7.05 Å². The van der Waals surface area contributed by atoms with E-state index in [0.29, 0.717) is 12.1 Å². The Labute approximate surface area is 117 Å². The minimum absolute atomic E-state index is 0.435. The van der Waals surface area contributed by atoms with E-state index >= 15 is 0 Å². The van der Waals surface area contributed by atoms with Crippen LogP contribution in [-0.4, -0.2) is 36.3 Å². The van der Waals surface area contributed by atoms with Gasteiger partial charge in [0.25, 0.3) is 0 Å². The Morgan fingerprint density at radius 2 is 2.11 bits per heavy atom. The Kier molecular flexibility index (Phi) is 6.60. The molecule has 19 heavy (non-hydrogen) atoms. The maximum absolute atomic E-state index is 10.8. The van der Waals surface area contributed by atoms with E-state index in [1.165, 1.54) is 25.7 Å². The van der Waals surface area contributed by atoms with E-state index in [2.05, 4.69) is 29.1 Å². The fourth-order valence-electron chi connectivity index (χ4n) is 2.84. The number of hydrogen-bond acceptors (Lipinski definition) is 2. The standard InChI is InChI=1S/C15H27N3O/c1-5-12(3)18(13-9-7-8-10-13)15(16-4)14(6-2)17-11-19/h6,11-13H,5,7-10H2,1-4H3,(H,17,19)/b14-6+,16-15?. The summed E-state index contributed by atoms with van der Waals surface area (Å²) >= 11 is 0. The number of carbonyl (C=O) groups is 1. The summed E-state index contributed by atoms with van der Waals surface area (Å²) in [4.78, 5) is 17.6. The highest BCUT2D eigenvalue weighted by Gasteiger charge is 2.29. The number of amidine groups is 1. The van der Waals surface area contributed by atoms with Gasteiger partial charge in [-0.15, -0.1) is 0 Å². The molecule has 0 saturated heterocycles. The lowest BCUT2D eigenvalue weighted by Crippen LogP contribution is -2.47. The molecule has 0 aromatic heterocycles. The first kappa shape index (κ1) is 15.7. The van der Waals surface area contributed by atoms with E-state index in [1.54, 1.807) is 7.05 Å². The van der Waals surface area contributed by atoms with Crippen molar-refractivity contribution < 1.29 is 4.79 Å². The third-order valence-electron chi connectivity index (χ3n) is 3.98. The lowest BCUT2D eigenvalue weighted by Gasteiger charge is -2.37. The summed E-state index contributed by atoms with van der Waals surface area (Å²) in [5, 5.41) is 2.77. The van der Waals surface area contributed by atoms with Crippen LogP contribution in [0.1, 0.15) is 52.9 Å². The van der Waals surface area contributed by atoms with E-state index in [4.69, 9.17) is 0 Å². The molecular weight excluding hydrogens is 238 g/mol. The molecule has 0 spiro atoms. The van der Waals surface area contributed by atoms with Crippen molar-refractivity contribution in [3.63, 3.8) is 0 Å². The highest BCUT2D eigenvalue weighted by atomic mass is 16.1. The topological polar surface area (TPSA) is 44.7 Å². The number of nitrogens with zero attached hydrogens (tertiary/aromatic N) is 2. The first-order valence-corrected chi connectivity index (χ1v) is 7.31. The monoisotopic (exact) mass is 265 g/mol. The van der Waals surface area contributed by atoms with E-state index in [-0.39, 0.29) is 0 Å². The molecule has 108 valence electrons. The van der Waals surface area contributed by atoms with Crippen molar-refractivity contribution in [3.05, 3.63) is 11.8 Å². The van der Waals surface area contributed by atoms with E-state index < -0.39 is 0 Å². The highest BCUT2D eigenvalue weighted by Crippen LogP contribution is 2.27. The highest BCUT2D eigenvalue weighted by molar-refractivity contribution is 5.99. The minimum atomic E-state index is 0.435. The summed E-state index contributed by atoms with van der Waals surface area (Å²) in [6.45, 7) is 6.36. The maximum atomic E-state index is 10.8. The fraction of sp³-hybridized carbons (Fsp3) is 0.733. The van der Waals surface area contributed by atoms with E-state index in [9.17, 15) is 4.79 Å². The van der Waals surface area contributed by atoms with Crippen molar-refractivity contribution in [1.29, 1.82) is 0 Å². The van der Waals surface area contributed by atoms with Gasteiger partial charge in [0.1, 0.15) is 5.84 Å². The summed E-state index contributed by atoms with van der Waals surface area (Å²) in [6.07, 6.45) is 8.75. The van der Waals surface area contributed by atoms with Crippen LogP contribution in [0.2, 0.25) is 0 Å². The van der Waals surface area contributed by atoms with Crippen LogP contribution in [0.25, 0.3) is 0 Å². The van der Waals surface area contributed by atoms with Gasteiger partial charge in [0, 0.05) is 19.1 Å². The number of carbonyl (C=O) groups excluding carboxylic acids is 1. The van der Waals surface area contributed by atoms with Crippen molar-refractivity contribution >= 4 is 12.2 Å². The molecule has 0 heterocycles. The molecule has 0 bridgehead atoms. The second-order valence-electron chi connectivity index (χ2n) is 5.11. The molecule has 0 aliphatic heterocycles. The fourth-order valence-corrected chi connectivity index (χ4v) is 2.84. The molecule has 1 N–H and O–H groups in total. The number of aliphatic imine (C=N–C) groups is 1. The second-order valence-corrected chi connectivity index (χ2v) is 5.11. The molecule has 0 radical (unpaired) electrons. The summed E-state index contributed by atoms with van der Waals surface area (Å²) in [7, 11) is 1.80. The van der Waals surface area contributed by atoms with Gasteiger partial charge in [0.15, 0.2) is 0 Å². The van der Waals surface area contributed by atoms with Gasteiger partial charge in [-0.25, -0.2) is 0 Å². The van der Waals surface area contributed by atoms with Crippen LogP contribution >= 0.6 is 0 Å². The Bertz CT molecular complexity index is 343. The first-order chi connectivity index (χ1) is 9.19. The van der Waals surface area contributed by atoms with Crippen LogP contribution in [0.5, 0.6) is 0 Å². The van der Waals surface area contributed by atoms with Crippen molar-refractivity contribution in [2.45, 2.75) is 65.0 Å². The molecule has 1 aliphatic rings. The number of hydrogen-bond donors (Lipinski definition) is 1. The van der Waals surface area contributed by atoms with Gasteiger partial charge in [0.2, 0.25) is 6.41 Å². The summed E-state index contributed by atoms with van der Waals surface area (Å²) < 4.78 is 0. The third-order valence-corrected chi connectivity index (χ3v) is 3.98. The average Bonchev–Trinajstić information content (AvgIpc) is 2.95. The molecule has 1 unspecified atom stereocenters. The number of amides is 1. The maximum Gasteiger partial charge on any atom is 0.211 e. The zero-order valence-corrected chi connectivity index (χ0v) is 12.6. The summed E-state index contributed by atoms with van der Waals surface area (Å²) in [5.41, 5.74) is 0.810. The largest absolute Gasteiger partial charge is 0.350 e. The van der Waals surface area contributed by atoms with Gasteiger partial charge in [-0.05, 0) is 33.1 Å². The molecule has 1 fully saturated rings. The lowest BCUT2D eigenvalue weighted by molar-refractivity contribution is -0.108. The Hall–Kier alpha value is -1.32. The van der Waals surface area contributed by atoms with Crippen LogP contribution in [0.3, 0.4) is 0 Å². The van der Waals surface area contributed by atoms with E-state index in [1.807, 2.05) is 13.0 Å². The Morgan fingerprint density at radius 1 is 1.47 bits per heavy atom. The van der Waals surface area contributed by atoms with Crippen LogP contribution < -0.4 is 5.32 Å². The molecular formula is C15H27N3O. The Balaban J connectivity index is 3.02. The smallest absolute Gasteiger partial charge is 0.211 e. The van der Waals surface area contributed by atoms with Gasteiger partial charge in [0.05, 0.1) is 5.70 Å². The van der Waals surface area contributed by atoms with Gasteiger partial charge < -0.3 is 10.2 Å². The Morgan fingerprint density at radius 3 is 2.53 bits per heavy atom. The summed E-state index contributed by atoms with van der Waals surface area (Å²) in [6, 6.07) is 0.988. The number of allylic oxidation sites excluding steroid dienone is 1. The number of nitrogens with one attached hydrogen (secondary N) is 1. The molecule has 1 atom stereocenters.